The minimum atomic E-state index is -0.188. The monoisotopic (exact) mass is 322 g/mol. The van der Waals surface area contributed by atoms with Crippen LogP contribution in [0.4, 0.5) is 0 Å². The van der Waals surface area contributed by atoms with E-state index >= 15 is 0 Å². The number of aryl methyl sites for hydroxylation is 2. The van der Waals surface area contributed by atoms with Gasteiger partial charge in [0, 0.05) is 16.1 Å². The average Bonchev–Trinajstić information content (AvgIpc) is 2.80. The molecule has 1 N–H and O–H groups in total. The van der Waals surface area contributed by atoms with Crippen molar-refractivity contribution in [2.45, 2.75) is 33.2 Å². The van der Waals surface area contributed by atoms with Gasteiger partial charge < -0.3 is 14.6 Å². The fraction of sp³-hybridized carbons (Fsp3) is 0.375. The van der Waals surface area contributed by atoms with Crippen LogP contribution in [0.5, 0.6) is 5.75 Å². The molecule has 22 heavy (non-hydrogen) atoms. The second-order valence-corrected chi connectivity index (χ2v) is 5.53. The lowest BCUT2D eigenvalue weighted by atomic mass is 10.1. The van der Waals surface area contributed by atoms with Gasteiger partial charge in [-0.15, -0.1) is 0 Å². The van der Waals surface area contributed by atoms with Crippen LogP contribution in [0.1, 0.15) is 35.5 Å². The highest BCUT2D eigenvalue weighted by molar-refractivity contribution is 6.31. The molecule has 6 heteroatoms. The molecule has 0 fully saturated rings. The maximum absolute atomic E-state index is 12.3. The molecule has 5 nitrogen and oxygen atoms in total. The number of nitrogens with one attached hydrogen (secondary N) is 1. The van der Waals surface area contributed by atoms with Crippen LogP contribution in [0.15, 0.2) is 22.7 Å². The summed E-state index contributed by atoms with van der Waals surface area (Å²) in [5, 5.41) is 7.35. The second kappa shape index (κ2) is 6.83. The zero-order valence-electron chi connectivity index (χ0n) is 13.1. The van der Waals surface area contributed by atoms with Gasteiger partial charge in [-0.1, -0.05) is 22.8 Å². The van der Waals surface area contributed by atoms with Crippen LogP contribution in [0.25, 0.3) is 0 Å². The van der Waals surface area contributed by atoms with Crippen LogP contribution in [-0.2, 0) is 11.2 Å². The van der Waals surface area contributed by atoms with Crippen molar-refractivity contribution in [3.63, 3.8) is 0 Å². The molecule has 0 saturated heterocycles. The minimum absolute atomic E-state index is 0.140. The summed E-state index contributed by atoms with van der Waals surface area (Å²) in [6.07, 6.45) is 0.149. The fourth-order valence-electron chi connectivity index (χ4n) is 2.54. The Morgan fingerprint density at radius 2 is 2.18 bits per heavy atom. The minimum Gasteiger partial charge on any atom is -0.496 e. The van der Waals surface area contributed by atoms with E-state index in [1.165, 1.54) is 0 Å². The third-order valence-electron chi connectivity index (χ3n) is 3.53. The van der Waals surface area contributed by atoms with E-state index in [1.54, 1.807) is 25.3 Å². The van der Waals surface area contributed by atoms with Gasteiger partial charge in [0.1, 0.15) is 11.5 Å². The Labute approximate surface area is 134 Å². The number of aromatic nitrogens is 1. The quantitative estimate of drug-likeness (QED) is 0.916. The molecular formula is C16H19ClN2O3. The summed E-state index contributed by atoms with van der Waals surface area (Å²) in [5.74, 6) is 1.17. The van der Waals surface area contributed by atoms with Gasteiger partial charge in [0.2, 0.25) is 5.91 Å². The number of rotatable bonds is 5. The standard InChI is InChI=1S/C16H19ClN2O3/c1-9(16-10(2)19-22-11(16)3)18-15(20)8-12-13(17)6-5-7-14(12)21-4/h5-7,9H,8H2,1-4H3,(H,18,20)/t9-/m0/s1. The summed E-state index contributed by atoms with van der Waals surface area (Å²) in [7, 11) is 1.56. The summed E-state index contributed by atoms with van der Waals surface area (Å²) in [6, 6.07) is 5.12. The van der Waals surface area contributed by atoms with Gasteiger partial charge in [-0.05, 0) is 32.9 Å². The first-order valence-electron chi connectivity index (χ1n) is 6.97. The maximum atomic E-state index is 12.3. The van der Waals surface area contributed by atoms with E-state index in [4.69, 9.17) is 20.9 Å². The number of benzene rings is 1. The molecule has 0 unspecified atom stereocenters. The lowest BCUT2D eigenvalue weighted by molar-refractivity contribution is -0.121. The number of amides is 1. The molecule has 1 atom stereocenters. The summed E-state index contributed by atoms with van der Waals surface area (Å²) >= 11 is 6.15. The molecule has 2 aromatic rings. The molecule has 0 aliphatic carbocycles. The van der Waals surface area contributed by atoms with E-state index in [1.807, 2.05) is 20.8 Å². The first-order valence-corrected chi connectivity index (χ1v) is 7.35. The lowest BCUT2D eigenvalue weighted by Gasteiger charge is -2.15. The Balaban J connectivity index is 2.11. The van der Waals surface area contributed by atoms with Gasteiger partial charge in [-0.3, -0.25) is 4.79 Å². The number of halogens is 1. The Morgan fingerprint density at radius 1 is 1.45 bits per heavy atom. The molecule has 0 spiro atoms. The van der Waals surface area contributed by atoms with E-state index in [-0.39, 0.29) is 18.4 Å². The van der Waals surface area contributed by atoms with Crippen molar-refractivity contribution in [1.82, 2.24) is 10.5 Å². The van der Waals surface area contributed by atoms with Crippen molar-refractivity contribution in [3.8, 4) is 5.75 Å². The summed E-state index contributed by atoms with van der Waals surface area (Å²) in [5.41, 5.74) is 2.36. The maximum Gasteiger partial charge on any atom is 0.225 e. The van der Waals surface area contributed by atoms with Crippen molar-refractivity contribution in [3.05, 3.63) is 45.8 Å². The van der Waals surface area contributed by atoms with E-state index in [9.17, 15) is 4.79 Å². The molecule has 1 amide bonds. The molecule has 1 aromatic carbocycles. The van der Waals surface area contributed by atoms with E-state index in [2.05, 4.69) is 10.5 Å². The van der Waals surface area contributed by atoms with Gasteiger partial charge in [0.15, 0.2) is 0 Å². The molecule has 1 aromatic heterocycles. The molecule has 0 bridgehead atoms. The van der Waals surface area contributed by atoms with Gasteiger partial charge in [0.25, 0.3) is 0 Å². The number of carbonyl (C=O) groups is 1. The van der Waals surface area contributed by atoms with Crippen molar-refractivity contribution < 1.29 is 14.1 Å². The average molecular weight is 323 g/mol. The topological polar surface area (TPSA) is 64.4 Å². The lowest BCUT2D eigenvalue weighted by Crippen LogP contribution is -2.28. The van der Waals surface area contributed by atoms with Crippen LogP contribution in [0.2, 0.25) is 5.02 Å². The van der Waals surface area contributed by atoms with Crippen LogP contribution in [-0.4, -0.2) is 18.2 Å². The first kappa shape index (κ1) is 16.4. The normalized spacial score (nSPS) is 12.0. The van der Waals surface area contributed by atoms with Crippen LogP contribution >= 0.6 is 11.6 Å². The van der Waals surface area contributed by atoms with Gasteiger partial charge in [0.05, 0.1) is 25.3 Å². The molecule has 118 valence electrons. The molecule has 2 rings (SSSR count). The highest BCUT2D eigenvalue weighted by atomic mass is 35.5. The summed E-state index contributed by atoms with van der Waals surface area (Å²) < 4.78 is 10.4. The Morgan fingerprint density at radius 3 is 2.77 bits per heavy atom. The summed E-state index contributed by atoms with van der Waals surface area (Å²) in [4.78, 5) is 12.3. The van der Waals surface area contributed by atoms with E-state index < -0.39 is 0 Å². The predicted octanol–water partition coefficient (Wildman–Crippen LogP) is 3.37. The fourth-order valence-corrected chi connectivity index (χ4v) is 2.77. The van der Waals surface area contributed by atoms with Gasteiger partial charge >= 0.3 is 0 Å². The second-order valence-electron chi connectivity index (χ2n) is 5.12. The zero-order valence-corrected chi connectivity index (χ0v) is 13.8. The molecule has 0 aliphatic heterocycles. The number of ether oxygens (including phenoxy) is 1. The number of hydrogen-bond acceptors (Lipinski definition) is 4. The molecule has 1 heterocycles. The number of methoxy groups -OCH3 is 1. The third kappa shape index (κ3) is 3.42. The predicted molar refractivity (Wildman–Crippen MR) is 84.2 cm³/mol. The molecule has 0 radical (unpaired) electrons. The summed E-state index contributed by atoms with van der Waals surface area (Å²) in [6.45, 7) is 5.58. The molecule has 0 aliphatic rings. The van der Waals surface area contributed by atoms with E-state index in [0.717, 1.165) is 11.3 Å². The van der Waals surface area contributed by atoms with Crippen molar-refractivity contribution in [2.24, 2.45) is 0 Å². The number of carbonyl (C=O) groups excluding carboxylic acids is 1. The van der Waals surface area contributed by atoms with Gasteiger partial charge in [-0.2, -0.15) is 0 Å². The Kier molecular flexibility index (Phi) is 5.08. The smallest absolute Gasteiger partial charge is 0.225 e. The van der Waals surface area contributed by atoms with Crippen molar-refractivity contribution >= 4 is 17.5 Å². The van der Waals surface area contributed by atoms with Crippen LogP contribution < -0.4 is 10.1 Å². The third-order valence-corrected chi connectivity index (χ3v) is 3.89. The Bertz CT molecular complexity index is 663. The van der Waals surface area contributed by atoms with Crippen LogP contribution in [0, 0.1) is 13.8 Å². The molecule has 0 saturated carbocycles. The number of hydrogen-bond donors (Lipinski definition) is 1. The number of nitrogens with zero attached hydrogens (tertiary/aromatic N) is 1. The van der Waals surface area contributed by atoms with Crippen molar-refractivity contribution in [1.29, 1.82) is 0 Å². The van der Waals surface area contributed by atoms with Crippen molar-refractivity contribution in [2.75, 3.05) is 7.11 Å². The van der Waals surface area contributed by atoms with E-state index in [0.29, 0.717) is 22.1 Å². The zero-order chi connectivity index (χ0) is 16.3. The SMILES string of the molecule is COc1cccc(Cl)c1CC(=O)N[C@@H](C)c1c(C)noc1C. The highest BCUT2D eigenvalue weighted by Gasteiger charge is 2.19. The first-order chi connectivity index (χ1) is 10.4. The Hall–Kier alpha value is -2.01. The highest BCUT2D eigenvalue weighted by Crippen LogP contribution is 2.27. The largest absolute Gasteiger partial charge is 0.496 e. The van der Waals surface area contributed by atoms with Crippen LogP contribution in [0.3, 0.4) is 0 Å². The van der Waals surface area contributed by atoms with Gasteiger partial charge in [-0.25, -0.2) is 0 Å². The molecular weight excluding hydrogens is 304 g/mol.